The second-order valence-electron chi connectivity index (χ2n) is 6.56. The third-order valence-electron chi connectivity index (χ3n) is 4.79. The smallest absolute Gasteiger partial charge is 0.324 e. The Balaban J connectivity index is 1.75. The minimum Gasteiger partial charge on any atom is -0.465 e. The first-order chi connectivity index (χ1) is 13.9. The van der Waals surface area contributed by atoms with E-state index in [1.165, 1.54) is 16.7 Å². The summed E-state index contributed by atoms with van der Waals surface area (Å²) in [6.45, 7) is 1.99. The van der Waals surface area contributed by atoms with E-state index in [9.17, 15) is 14.4 Å². The Morgan fingerprint density at radius 3 is 2.72 bits per heavy atom. The molecule has 4 rings (SSSR count). The van der Waals surface area contributed by atoms with Gasteiger partial charge in [0, 0.05) is 26.4 Å². The standard InChI is InChI=1S/C20H16BrClN2O4S/c1-2-28-18(26)15-10-29-20(23-15)14-9-12(21)5-8-16(14)24(19(20)27)17(25)11-3-6-13(22)7-4-11/h3-9,15,23H,2,10H2,1H3/t15-,20-/m0/s1. The molecule has 2 amide bonds. The summed E-state index contributed by atoms with van der Waals surface area (Å²) in [5.41, 5.74) is 1.47. The molecule has 6 nitrogen and oxygen atoms in total. The van der Waals surface area contributed by atoms with Gasteiger partial charge in [-0.1, -0.05) is 27.5 Å². The molecule has 2 aliphatic rings. The predicted molar refractivity (Wildman–Crippen MR) is 115 cm³/mol. The van der Waals surface area contributed by atoms with Crippen molar-refractivity contribution < 1.29 is 19.1 Å². The molecule has 150 valence electrons. The summed E-state index contributed by atoms with van der Waals surface area (Å²) in [6, 6.07) is 11.0. The third-order valence-corrected chi connectivity index (χ3v) is 6.98. The molecule has 0 aromatic heterocycles. The zero-order chi connectivity index (χ0) is 20.8. The van der Waals surface area contributed by atoms with E-state index in [1.54, 1.807) is 49.4 Å². The van der Waals surface area contributed by atoms with E-state index < -0.39 is 28.7 Å². The van der Waals surface area contributed by atoms with Crippen LogP contribution in [-0.4, -0.2) is 36.2 Å². The van der Waals surface area contributed by atoms with Gasteiger partial charge in [-0.2, -0.15) is 0 Å². The summed E-state index contributed by atoms with van der Waals surface area (Å²) in [4.78, 5) is 38.9. The maximum atomic E-state index is 13.5. The van der Waals surface area contributed by atoms with E-state index >= 15 is 0 Å². The fourth-order valence-electron chi connectivity index (χ4n) is 3.48. The lowest BCUT2D eigenvalue weighted by Gasteiger charge is -2.23. The normalized spacial score (nSPS) is 22.8. The third kappa shape index (κ3) is 3.38. The van der Waals surface area contributed by atoms with Crippen LogP contribution in [0.25, 0.3) is 0 Å². The first-order valence-corrected chi connectivity index (χ1v) is 11.1. The molecule has 1 fully saturated rings. The molecule has 2 atom stereocenters. The van der Waals surface area contributed by atoms with Crippen LogP contribution >= 0.6 is 39.3 Å². The second kappa shape index (κ2) is 7.75. The van der Waals surface area contributed by atoms with Crippen LogP contribution in [0.4, 0.5) is 5.69 Å². The molecule has 0 saturated carbocycles. The topological polar surface area (TPSA) is 75.7 Å². The Hall–Kier alpha value is -1.87. The summed E-state index contributed by atoms with van der Waals surface area (Å²) in [5, 5.41) is 3.63. The molecular weight excluding hydrogens is 480 g/mol. The van der Waals surface area contributed by atoms with Crippen LogP contribution in [0.1, 0.15) is 22.8 Å². The molecule has 2 aliphatic heterocycles. The van der Waals surface area contributed by atoms with Gasteiger partial charge in [0.05, 0.1) is 12.3 Å². The number of anilines is 1. The fraction of sp³-hybridized carbons (Fsp3) is 0.250. The van der Waals surface area contributed by atoms with Crippen molar-refractivity contribution in [3.05, 3.63) is 63.1 Å². The summed E-state index contributed by atoms with van der Waals surface area (Å²) >= 11 is 10.7. The number of carbonyl (C=O) groups is 3. The molecule has 1 saturated heterocycles. The zero-order valence-electron chi connectivity index (χ0n) is 15.3. The number of halogens is 2. The molecule has 9 heteroatoms. The molecule has 1 N–H and O–H groups in total. The highest BCUT2D eigenvalue weighted by Crippen LogP contribution is 2.51. The molecule has 0 radical (unpaired) electrons. The van der Waals surface area contributed by atoms with Crippen LogP contribution in [0.3, 0.4) is 0 Å². The number of fused-ring (bicyclic) bond motifs is 2. The predicted octanol–water partition coefficient (Wildman–Crippen LogP) is 3.71. The quantitative estimate of drug-likeness (QED) is 0.517. The van der Waals surface area contributed by atoms with E-state index in [2.05, 4.69) is 21.2 Å². The second-order valence-corrected chi connectivity index (χ2v) is 9.14. The van der Waals surface area contributed by atoms with Crippen LogP contribution in [0.2, 0.25) is 5.02 Å². The van der Waals surface area contributed by atoms with Crippen LogP contribution < -0.4 is 10.2 Å². The summed E-state index contributed by atoms with van der Waals surface area (Å²) in [5.74, 6) is -0.931. The summed E-state index contributed by atoms with van der Waals surface area (Å²) in [6.07, 6.45) is 0. The average Bonchev–Trinajstić information content (AvgIpc) is 3.25. The van der Waals surface area contributed by atoms with Crippen molar-refractivity contribution in [1.29, 1.82) is 0 Å². The highest BCUT2D eigenvalue weighted by molar-refractivity contribution is 9.10. The SMILES string of the molecule is CCOC(=O)[C@@H]1CS[C@]2(N1)C(=O)N(C(=O)c1ccc(Cl)cc1)c1ccc(Br)cc12. The van der Waals surface area contributed by atoms with Crippen LogP contribution in [0.5, 0.6) is 0 Å². The van der Waals surface area contributed by atoms with Gasteiger partial charge in [-0.15, -0.1) is 11.8 Å². The van der Waals surface area contributed by atoms with Crippen molar-refractivity contribution in [1.82, 2.24) is 5.32 Å². The van der Waals surface area contributed by atoms with Crippen molar-refractivity contribution in [2.45, 2.75) is 17.8 Å². The lowest BCUT2D eigenvalue weighted by Crippen LogP contribution is -2.51. The number of thioether (sulfide) groups is 1. The van der Waals surface area contributed by atoms with Crippen molar-refractivity contribution in [3.8, 4) is 0 Å². The maximum Gasteiger partial charge on any atom is 0.324 e. The largest absolute Gasteiger partial charge is 0.465 e. The molecule has 0 unspecified atom stereocenters. The summed E-state index contributed by atoms with van der Waals surface area (Å²) < 4.78 is 5.87. The van der Waals surface area contributed by atoms with E-state index in [1.807, 2.05) is 0 Å². The monoisotopic (exact) mass is 494 g/mol. The average molecular weight is 496 g/mol. The molecular formula is C20H16BrClN2O4S. The van der Waals surface area contributed by atoms with Gasteiger partial charge in [0.1, 0.15) is 6.04 Å². The number of carbonyl (C=O) groups excluding carboxylic acids is 3. The van der Waals surface area contributed by atoms with Gasteiger partial charge in [-0.25, -0.2) is 4.90 Å². The fourth-order valence-corrected chi connectivity index (χ4v) is 5.36. The van der Waals surface area contributed by atoms with Crippen LogP contribution in [-0.2, 0) is 19.2 Å². The van der Waals surface area contributed by atoms with Gasteiger partial charge in [0.15, 0.2) is 4.87 Å². The molecule has 2 aromatic carbocycles. The number of amides is 2. The van der Waals surface area contributed by atoms with Crippen molar-refractivity contribution >= 4 is 62.8 Å². The van der Waals surface area contributed by atoms with Crippen molar-refractivity contribution in [3.63, 3.8) is 0 Å². The van der Waals surface area contributed by atoms with Gasteiger partial charge in [-0.05, 0) is 49.4 Å². The van der Waals surface area contributed by atoms with Crippen LogP contribution in [0, 0.1) is 0 Å². The Bertz CT molecular complexity index is 1020. The Kier molecular flexibility index (Phi) is 5.46. The highest BCUT2D eigenvalue weighted by atomic mass is 79.9. The minimum atomic E-state index is -1.22. The van der Waals surface area contributed by atoms with Gasteiger partial charge in [0.25, 0.3) is 11.8 Å². The molecule has 0 bridgehead atoms. The van der Waals surface area contributed by atoms with Crippen LogP contribution in [0.15, 0.2) is 46.9 Å². The molecule has 2 heterocycles. The van der Waals surface area contributed by atoms with Gasteiger partial charge in [-0.3, -0.25) is 19.7 Å². The number of nitrogens with zero attached hydrogens (tertiary/aromatic N) is 1. The minimum absolute atomic E-state index is 0.256. The van der Waals surface area contributed by atoms with Gasteiger partial charge in [0.2, 0.25) is 0 Å². The molecule has 2 aromatic rings. The number of nitrogens with one attached hydrogen (secondary N) is 1. The number of ether oxygens (including phenoxy) is 1. The van der Waals surface area contributed by atoms with E-state index in [4.69, 9.17) is 16.3 Å². The van der Waals surface area contributed by atoms with E-state index in [0.29, 0.717) is 27.6 Å². The van der Waals surface area contributed by atoms with Gasteiger partial charge >= 0.3 is 5.97 Å². The number of hydrogen-bond acceptors (Lipinski definition) is 6. The number of imide groups is 1. The highest BCUT2D eigenvalue weighted by Gasteiger charge is 2.58. The Morgan fingerprint density at radius 2 is 2.03 bits per heavy atom. The number of esters is 1. The first-order valence-electron chi connectivity index (χ1n) is 8.90. The molecule has 1 spiro atoms. The van der Waals surface area contributed by atoms with Crippen molar-refractivity contribution in [2.75, 3.05) is 17.3 Å². The number of benzene rings is 2. The Labute approximate surface area is 185 Å². The molecule has 29 heavy (non-hydrogen) atoms. The molecule has 0 aliphatic carbocycles. The van der Waals surface area contributed by atoms with Crippen molar-refractivity contribution in [2.24, 2.45) is 0 Å². The van der Waals surface area contributed by atoms with E-state index in [-0.39, 0.29) is 6.61 Å². The Morgan fingerprint density at radius 1 is 1.31 bits per heavy atom. The lowest BCUT2D eigenvalue weighted by molar-refractivity contribution is -0.145. The lowest BCUT2D eigenvalue weighted by atomic mass is 10.1. The maximum absolute atomic E-state index is 13.5. The zero-order valence-corrected chi connectivity index (χ0v) is 18.4. The van der Waals surface area contributed by atoms with Gasteiger partial charge < -0.3 is 4.74 Å². The first kappa shape index (κ1) is 20.4. The number of rotatable bonds is 3. The van der Waals surface area contributed by atoms with E-state index in [0.717, 1.165) is 4.47 Å². The summed E-state index contributed by atoms with van der Waals surface area (Å²) in [7, 11) is 0. The number of hydrogen-bond donors (Lipinski definition) is 1.